The number of thiazole rings is 1. The minimum atomic E-state index is -0.0853. The Kier molecular flexibility index (Phi) is 5.73. The second kappa shape index (κ2) is 7.55. The molecule has 1 aliphatic carbocycles. The minimum absolute atomic E-state index is 0.0853. The molecule has 1 aromatic rings. The number of rotatable bonds is 5. The lowest BCUT2D eigenvalue weighted by atomic mass is 9.79. The Morgan fingerprint density at radius 1 is 1.50 bits per heavy atom. The molecule has 5 heteroatoms. The van der Waals surface area contributed by atoms with Crippen LogP contribution in [0.1, 0.15) is 36.4 Å². The first-order valence-corrected chi connectivity index (χ1v) is 8.06. The van der Waals surface area contributed by atoms with Gasteiger partial charge >= 0.3 is 0 Å². The van der Waals surface area contributed by atoms with Gasteiger partial charge in [0.25, 0.3) is 0 Å². The number of amides is 1. The number of nitrogens with one attached hydrogen (secondary N) is 1. The van der Waals surface area contributed by atoms with Crippen LogP contribution in [0.5, 0.6) is 0 Å². The van der Waals surface area contributed by atoms with Crippen LogP contribution in [0.15, 0.2) is 11.5 Å². The molecule has 0 saturated heterocycles. The van der Waals surface area contributed by atoms with Crippen molar-refractivity contribution >= 4 is 23.3 Å². The molecular weight excluding hydrogens is 272 g/mol. The molecule has 4 nitrogen and oxygen atoms in total. The lowest BCUT2D eigenvalue weighted by molar-refractivity contribution is -0.116. The largest absolute Gasteiger partial charge is 0.396 e. The lowest BCUT2D eigenvalue weighted by Crippen LogP contribution is -2.34. The van der Waals surface area contributed by atoms with Gasteiger partial charge in [0.2, 0.25) is 5.91 Å². The van der Waals surface area contributed by atoms with Crippen molar-refractivity contribution in [2.24, 2.45) is 11.8 Å². The van der Waals surface area contributed by atoms with Crippen LogP contribution in [0.3, 0.4) is 0 Å². The van der Waals surface area contributed by atoms with Gasteiger partial charge < -0.3 is 10.4 Å². The summed E-state index contributed by atoms with van der Waals surface area (Å²) in [6.45, 7) is 2.83. The molecule has 2 atom stereocenters. The average molecular weight is 294 g/mol. The van der Waals surface area contributed by atoms with Crippen molar-refractivity contribution in [2.45, 2.75) is 32.6 Å². The maximum Gasteiger partial charge on any atom is 0.244 e. The molecule has 1 aromatic heterocycles. The van der Waals surface area contributed by atoms with Crippen LogP contribution < -0.4 is 5.32 Å². The summed E-state index contributed by atoms with van der Waals surface area (Å²) in [6, 6.07) is 0. The van der Waals surface area contributed by atoms with Crippen LogP contribution in [0.4, 0.5) is 0 Å². The van der Waals surface area contributed by atoms with Crippen molar-refractivity contribution < 1.29 is 9.90 Å². The molecule has 0 spiro atoms. The number of hydrogen-bond acceptors (Lipinski definition) is 4. The van der Waals surface area contributed by atoms with Gasteiger partial charge in [-0.1, -0.05) is 12.8 Å². The van der Waals surface area contributed by atoms with Crippen molar-refractivity contribution in [1.82, 2.24) is 10.3 Å². The Morgan fingerprint density at radius 3 is 2.90 bits per heavy atom. The first kappa shape index (κ1) is 15.2. The number of aryl methyl sites for hydroxylation is 1. The Morgan fingerprint density at radius 2 is 2.25 bits per heavy atom. The first-order valence-electron chi connectivity index (χ1n) is 7.18. The third-order valence-electron chi connectivity index (χ3n) is 3.88. The van der Waals surface area contributed by atoms with Gasteiger partial charge in [-0.15, -0.1) is 11.3 Å². The van der Waals surface area contributed by atoms with E-state index in [4.69, 9.17) is 0 Å². The van der Waals surface area contributed by atoms with E-state index in [1.54, 1.807) is 17.4 Å². The lowest BCUT2D eigenvalue weighted by Gasteiger charge is -2.30. The monoisotopic (exact) mass is 294 g/mol. The molecule has 0 bridgehead atoms. The first-order chi connectivity index (χ1) is 9.69. The number of nitrogens with zero attached hydrogens (tertiary/aromatic N) is 1. The molecule has 1 heterocycles. The molecule has 2 N–H and O–H groups in total. The normalized spacial score (nSPS) is 23.1. The Labute approximate surface area is 123 Å². The Hall–Kier alpha value is -1.20. The van der Waals surface area contributed by atoms with Crippen molar-refractivity contribution in [3.8, 4) is 0 Å². The highest BCUT2D eigenvalue weighted by atomic mass is 32.1. The molecule has 1 aliphatic rings. The third-order valence-corrected chi connectivity index (χ3v) is 4.67. The quantitative estimate of drug-likeness (QED) is 0.820. The molecule has 2 rings (SSSR count). The van der Waals surface area contributed by atoms with E-state index < -0.39 is 0 Å². The van der Waals surface area contributed by atoms with Gasteiger partial charge in [-0.05, 0) is 37.7 Å². The average Bonchev–Trinajstić information content (AvgIpc) is 2.89. The van der Waals surface area contributed by atoms with E-state index in [-0.39, 0.29) is 12.5 Å². The van der Waals surface area contributed by atoms with Crippen molar-refractivity contribution in [3.05, 3.63) is 22.2 Å². The van der Waals surface area contributed by atoms with Gasteiger partial charge in [0, 0.05) is 24.6 Å². The summed E-state index contributed by atoms with van der Waals surface area (Å²) in [6.07, 6.45) is 7.84. The maximum atomic E-state index is 11.8. The number of aliphatic hydroxyl groups is 1. The van der Waals surface area contributed by atoms with Crippen molar-refractivity contribution in [1.29, 1.82) is 0 Å². The molecule has 2 unspecified atom stereocenters. The van der Waals surface area contributed by atoms with Gasteiger partial charge in [-0.25, -0.2) is 4.98 Å². The number of aromatic nitrogens is 1. The van der Waals surface area contributed by atoms with Gasteiger partial charge in [-0.3, -0.25) is 4.79 Å². The molecule has 20 heavy (non-hydrogen) atoms. The molecule has 1 saturated carbocycles. The summed E-state index contributed by atoms with van der Waals surface area (Å²) in [4.78, 5) is 16.1. The summed E-state index contributed by atoms with van der Waals surface area (Å²) in [5.74, 6) is 0.666. The molecule has 110 valence electrons. The topological polar surface area (TPSA) is 62.2 Å². The summed E-state index contributed by atoms with van der Waals surface area (Å²) in [5, 5.41) is 15.2. The number of carbonyl (C=O) groups excluding carboxylic acids is 1. The van der Waals surface area contributed by atoms with Crippen LogP contribution >= 0.6 is 11.3 Å². The summed E-state index contributed by atoms with van der Waals surface area (Å²) in [7, 11) is 0. The zero-order valence-electron chi connectivity index (χ0n) is 11.8. The van der Waals surface area contributed by atoms with Gasteiger partial charge in [0.05, 0.1) is 10.7 Å². The fourth-order valence-electron chi connectivity index (χ4n) is 2.70. The molecule has 0 radical (unpaired) electrons. The smallest absolute Gasteiger partial charge is 0.244 e. The predicted octanol–water partition coefficient (Wildman–Crippen LogP) is 2.38. The molecule has 1 amide bonds. The SMILES string of the molecule is Cc1nc(C=CC(=O)NCC2CCCCC2CO)cs1. The van der Waals surface area contributed by atoms with E-state index in [0.29, 0.717) is 18.4 Å². The van der Waals surface area contributed by atoms with E-state index >= 15 is 0 Å². The summed E-state index contributed by atoms with van der Waals surface area (Å²) < 4.78 is 0. The molecule has 0 aliphatic heterocycles. The molecular formula is C15H22N2O2S. The fourth-order valence-corrected chi connectivity index (χ4v) is 3.28. The fraction of sp³-hybridized carbons (Fsp3) is 0.600. The third kappa shape index (κ3) is 4.42. The van der Waals surface area contributed by atoms with E-state index in [1.807, 2.05) is 12.3 Å². The highest BCUT2D eigenvalue weighted by molar-refractivity contribution is 7.09. The van der Waals surface area contributed by atoms with Crippen LogP contribution in [0, 0.1) is 18.8 Å². The highest BCUT2D eigenvalue weighted by Crippen LogP contribution is 2.29. The van der Waals surface area contributed by atoms with Crippen LogP contribution in [-0.2, 0) is 4.79 Å². The predicted molar refractivity (Wildman–Crippen MR) is 81.4 cm³/mol. The molecule has 1 fully saturated rings. The van der Waals surface area contributed by atoms with E-state index in [9.17, 15) is 9.90 Å². The number of hydrogen-bond donors (Lipinski definition) is 2. The number of aliphatic hydroxyl groups excluding tert-OH is 1. The van der Waals surface area contributed by atoms with E-state index in [0.717, 1.165) is 23.5 Å². The Balaban J connectivity index is 1.78. The second-order valence-corrected chi connectivity index (χ2v) is 6.42. The van der Waals surface area contributed by atoms with E-state index in [2.05, 4.69) is 10.3 Å². The molecule has 0 aromatic carbocycles. The van der Waals surface area contributed by atoms with Crippen molar-refractivity contribution in [3.63, 3.8) is 0 Å². The van der Waals surface area contributed by atoms with Gasteiger partial charge in [-0.2, -0.15) is 0 Å². The van der Waals surface area contributed by atoms with E-state index in [1.165, 1.54) is 18.9 Å². The standard InChI is InChI=1S/C15H22N2O2S/c1-11-17-14(10-20-11)6-7-15(19)16-8-12-4-2-3-5-13(12)9-18/h6-7,10,12-13,18H,2-5,8-9H2,1H3,(H,16,19). The summed E-state index contributed by atoms with van der Waals surface area (Å²) >= 11 is 1.57. The van der Waals surface area contributed by atoms with Crippen molar-refractivity contribution in [2.75, 3.05) is 13.2 Å². The van der Waals surface area contributed by atoms with Crippen LogP contribution in [0.2, 0.25) is 0 Å². The minimum Gasteiger partial charge on any atom is -0.396 e. The Bertz CT molecular complexity index is 470. The van der Waals surface area contributed by atoms with Crippen LogP contribution in [0.25, 0.3) is 6.08 Å². The highest BCUT2D eigenvalue weighted by Gasteiger charge is 2.24. The second-order valence-electron chi connectivity index (χ2n) is 5.36. The number of carbonyl (C=O) groups is 1. The summed E-state index contributed by atoms with van der Waals surface area (Å²) in [5.41, 5.74) is 0.827. The zero-order chi connectivity index (χ0) is 14.4. The van der Waals surface area contributed by atoms with Crippen LogP contribution in [-0.4, -0.2) is 29.1 Å². The maximum absolute atomic E-state index is 11.8. The van der Waals surface area contributed by atoms with Gasteiger partial charge in [0.1, 0.15) is 0 Å². The zero-order valence-corrected chi connectivity index (χ0v) is 12.7. The van der Waals surface area contributed by atoms with Gasteiger partial charge in [0.15, 0.2) is 0 Å².